The molecule has 3 aliphatic rings. The Morgan fingerprint density at radius 2 is 1.62 bits per heavy atom. The largest absolute Gasteiger partial charge is 0.435 e. The van der Waals surface area contributed by atoms with Crippen molar-refractivity contribution in [3.63, 3.8) is 0 Å². The van der Waals surface area contributed by atoms with Crippen LogP contribution >= 0.6 is 0 Å². The molecule has 29 heavy (non-hydrogen) atoms. The second-order valence-electron chi connectivity index (χ2n) is 9.67. The number of halogens is 2. The molecule has 160 valence electrons. The van der Waals surface area contributed by atoms with Gasteiger partial charge in [0.25, 0.3) is 0 Å². The van der Waals surface area contributed by atoms with Gasteiger partial charge in [0.15, 0.2) is 0 Å². The molecule has 0 bridgehead atoms. The summed E-state index contributed by atoms with van der Waals surface area (Å²) in [5.41, 5.74) is 1.30. The van der Waals surface area contributed by atoms with Crippen LogP contribution in [0.15, 0.2) is 36.4 Å². The zero-order valence-corrected chi connectivity index (χ0v) is 17.7. The second kappa shape index (κ2) is 9.62. The molecule has 3 aliphatic carbocycles. The van der Waals surface area contributed by atoms with Crippen molar-refractivity contribution in [2.24, 2.45) is 29.6 Å². The molecule has 3 fully saturated rings. The highest BCUT2D eigenvalue weighted by molar-refractivity contribution is 5.30. The van der Waals surface area contributed by atoms with Crippen LogP contribution in [0.2, 0.25) is 0 Å². The van der Waals surface area contributed by atoms with Gasteiger partial charge in [0.1, 0.15) is 5.75 Å². The van der Waals surface area contributed by atoms with Crippen molar-refractivity contribution >= 4 is 0 Å². The highest BCUT2D eigenvalue weighted by atomic mass is 19.3. The molecule has 3 saturated carbocycles. The number of ether oxygens (including phenoxy) is 1. The molecule has 0 spiro atoms. The molecule has 3 heteroatoms. The number of rotatable bonds is 6. The standard InChI is InChI=1S/C26H36F2O/c1-2-3-4-5-18-6-14-24-21(16-18)7-8-22-17-20(11-15-25(22)24)19-9-12-23(13-10-19)29-26(27)28/h4-5,9-10,12-13,18,20-22,24-26H,2-3,6-8,11,14-17H2,1H3/t18-,20-,21-,22+,24+,25+/m1/s1. The SMILES string of the molecule is CCCC=C[C@@H]1CC[C@H]2[C@H](CC[C@H]3C[C@H](c4ccc(OC(F)F)cc4)CC[C@@H]32)C1. The van der Waals surface area contributed by atoms with Crippen molar-refractivity contribution in [3.8, 4) is 5.75 Å². The fourth-order valence-corrected chi connectivity index (χ4v) is 6.68. The molecule has 0 aliphatic heterocycles. The maximum absolute atomic E-state index is 12.4. The molecule has 6 atom stereocenters. The van der Waals surface area contributed by atoms with E-state index in [1.165, 1.54) is 69.8 Å². The molecule has 0 N–H and O–H groups in total. The van der Waals surface area contributed by atoms with Crippen LogP contribution in [0.25, 0.3) is 0 Å². The van der Waals surface area contributed by atoms with Gasteiger partial charge >= 0.3 is 6.61 Å². The Labute approximate surface area is 174 Å². The highest BCUT2D eigenvalue weighted by Gasteiger charge is 2.44. The lowest BCUT2D eigenvalue weighted by Crippen LogP contribution is -2.41. The summed E-state index contributed by atoms with van der Waals surface area (Å²) in [6.45, 7) is -0.492. The summed E-state index contributed by atoms with van der Waals surface area (Å²) < 4.78 is 29.2. The topological polar surface area (TPSA) is 9.23 Å². The Bertz CT molecular complexity index is 668. The first kappa shape index (κ1) is 20.9. The summed E-state index contributed by atoms with van der Waals surface area (Å²) >= 11 is 0. The Morgan fingerprint density at radius 3 is 2.31 bits per heavy atom. The number of allylic oxidation sites excluding steroid dienone is 2. The number of hydrogen-bond donors (Lipinski definition) is 0. The monoisotopic (exact) mass is 402 g/mol. The van der Waals surface area contributed by atoms with Gasteiger partial charge in [0.05, 0.1) is 0 Å². The minimum Gasteiger partial charge on any atom is -0.435 e. The summed E-state index contributed by atoms with van der Waals surface area (Å²) in [7, 11) is 0. The number of fused-ring (bicyclic) bond motifs is 3. The van der Waals surface area contributed by atoms with Crippen LogP contribution in [0.1, 0.15) is 82.6 Å². The van der Waals surface area contributed by atoms with E-state index in [1.54, 1.807) is 12.1 Å². The minimum atomic E-state index is -2.75. The maximum atomic E-state index is 12.4. The van der Waals surface area contributed by atoms with Crippen molar-refractivity contribution in [1.29, 1.82) is 0 Å². The normalized spacial score (nSPS) is 34.8. The molecular weight excluding hydrogens is 366 g/mol. The van der Waals surface area contributed by atoms with Gasteiger partial charge in [-0.3, -0.25) is 0 Å². The first-order valence-corrected chi connectivity index (χ1v) is 11.9. The van der Waals surface area contributed by atoms with Crippen molar-refractivity contribution in [3.05, 3.63) is 42.0 Å². The van der Waals surface area contributed by atoms with Crippen LogP contribution in [0.4, 0.5) is 8.78 Å². The Morgan fingerprint density at radius 1 is 0.931 bits per heavy atom. The van der Waals surface area contributed by atoms with Crippen LogP contribution in [0.5, 0.6) is 5.75 Å². The van der Waals surface area contributed by atoms with Crippen molar-refractivity contribution in [1.82, 2.24) is 0 Å². The Kier molecular flexibility index (Phi) is 6.92. The molecule has 4 rings (SSSR count). The van der Waals surface area contributed by atoms with Crippen molar-refractivity contribution < 1.29 is 13.5 Å². The van der Waals surface area contributed by atoms with Gasteiger partial charge < -0.3 is 4.74 Å². The minimum absolute atomic E-state index is 0.266. The molecular formula is C26H36F2O. The van der Waals surface area contributed by atoms with Crippen LogP contribution in [-0.2, 0) is 0 Å². The Hall–Kier alpha value is -1.38. The van der Waals surface area contributed by atoms with Crippen molar-refractivity contribution in [2.45, 2.75) is 83.7 Å². The second-order valence-corrected chi connectivity index (χ2v) is 9.67. The van der Waals surface area contributed by atoms with Gasteiger partial charge in [0, 0.05) is 0 Å². The van der Waals surface area contributed by atoms with Gasteiger partial charge in [-0.05, 0) is 111 Å². The lowest BCUT2D eigenvalue weighted by Gasteiger charge is -2.50. The molecule has 1 aromatic carbocycles. The number of alkyl halides is 2. The fourth-order valence-electron chi connectivity index (χ4n) is 6.68. The zero-order chi connectivity index (χ0) is 20.2. The van der Waals surface area contributed by atoms with Gasteiger partial charge in [0.2, 0.25) is 0 Å². The summed E-state index contributed by atoms with van der Waals surface area (Å²) in [4.78, 5) is 0. The first-order valence-electron chi connectivity index (χ1n) is 11.9. The third kappa shape index (κ3) is 5.03. The average molecular weight is 403 g/mol. The summed E-state index contributed by atoms with van der Waals surface area (Å²) in [6, 6.07) is 7.42. The molecule has 0 radical (unpaired) electrons. The third-order valence-electron chi connectivity index (χ3n) is 8.02. The molecule has 0 saturated heterocycles. The third-order valence-corrected chi connectivity index (χ3v) is 8.02. The van der Waals surface area contributed by atoms with Gasteiger partial charge in [-0.25, -0.2) is 0 Å². The van der Waals surface area contributed by atoms with E-state index in [9.17, 15) is 8.78 Å². The molecule has 0 aromatic heterocycles. The van der Waals surface area contributed by atoms with Gasteiger partial charge in [-0.2, -0.15) is 8.78 Å². The smallest absolute Gasteiger partial charge is 0.387 e. The Balaban J connectivity index is 1.33. The average Bonchev–Trinajstić information content (AvgIpc) is 2.73. The highest BCUT2D eigenvalue weighted by Crippen LogP contribution is 2.54. The van der Waals surface area contributed by atoms with E-state index in [-0.39, 0.29) is 5.75 Å². The summed E-state index contributed by atoms with van der Waals surface area (Å²) in [6.07, 6.45) is 18.3. The number of hydrogen-bond acceptors (Lipinski definition) is 1. The molecule has 0 heterocycles. The van der Waals surface area contributed by atoms with E-state index in [4.69, 9.17) is 0 Å². The fraction of sp³-hybridized carbons (Fsp3) is 0.692. The molecule has 0 unspecified atom stereocenters. The summed E-state index contributed by atoms with van der Waals surface area (Å²) in [5, 5.41) is 0. The quantitative estimate of drug-likeness (QED) is 0.438. The predicted octanol–water partition coefficient (Wildman–Crippen LogP) is 7.97. The van der Waals surface area contributed by atoms with E-state index in [2.05, 4.69) is 23.8 Å². The molecule has 0 amide bonds. The van der Waals surface area contributed by atoms with E-state index in [0.717, 1.165) is 29.6 Å². The number of benzene rings is 1. The van der Waals surface area contributed by atoms with Crippen LogP contribution in [0, 0.1) is 29.6 Å². The van der Waals surface area contributed by atoms with Crippen LogP contribution in [0.3, 0.4) is 0 Å². The molecule has 1 aromatic rings. The number of unbranched alkanes of at least 4 members (excludes halogenated alkanes) is 1. The van der Waals surface area contributed by atoms with E-state index in [1.807, 2.05) is 12.1 Å². The molecule has 1 nitrogen and oxygen atoms in total. The van der Waals surface area contributed by atoms with Gasteiger partial charge in [-0.1, -0.05) is 37.6 Å². The zero-order valence-electron chi connectivity index (χ0n) is 17.7. The van der Waals surface area contributed by atoms with E-state index in [0.29, 0.717) is 5.92 Å². The maximum Gasteiger partial charge on any atom is 0.387 e. The summed E-state index contributed by atoms with van der Waals surface area (Å²) in [5.74, 6) is 5.36. The lowest BCUT2D eigenvalue weighted by atomic mass is 9.55. The first-order chi connectivity index (χ1) is 14.1. The van der Waals surface area contributed by atoms with Gasteiger partial charge in [-0.15, -0.1) is 0 Å². The van der Waals surface area contributed by atoms with E-state index >= 15 is 0 Å². The van der Waals surface area contributed by atoms with Crippen LogP contribution < -0.4 is 4.74 Å². The lowest BCUT2D eigenvalue weighted by molar-refractivity contribution is -0.0498. The van der Waals surface area contributed by atoms with Crippen molar-refractivity contribution in [2.75, 3.05) is 0 Å². The van der Waals surface area contributed by atoms with Crippen LogP contribution in [-0.4, -0.2) is 6.61 Å². The predicted molar refractivity (Wildman–Crippen MR) is 114 cm³/mol. The van der Waals surface area contributed by atoms with E-state index < -0.39 is 6.61 Å².